The molecule has 0 bridgehead atoms. The number of likely N-dealkylation sites (N-methyl/N-ethyl adjacent to an activating group) is 1. The van der Waals surface area contributed by atoms with Crippen molar-refractivity contribution in [2.24, 2.45) is 0 Å². The zero-order valence-electron chi connectivity index (χ0n) is 9.90. The minimum absolute atomic E-state index is 0.347. The van der Waals surface area contributed by atoms with Gasteiger partial charge in [-0.2, -0.15) is 4.39 Å². The van der Waals surface area contributed by atoms with Crippen LogP contribution in [0.5, 0.6) is 0 Å². The predicted molar refractivity (Wildman–Crippen MR) is 70.5 cm³/mol. The highest BCUT2D eigenvalue weighted by molar-refractivity contribution is 9.10. The quantitative estimate of drug-likeness (QED) is 0.620. The number of piperazine rings is 1. The molecule has 5 nitrogen and oxygen atoms in total. The van der Waals surface area contributed by atoms with Crippen LogP contribution in [0.1, 0.15) is 0 Å². The number of anilines is 1. The lowest BCUT2D eigenvalue weighted by Gasteiger charge is -2.33. The number of benzene rings is 1. The molecule has 1 aromatic carbocycles. The Labute approximate surface area is 112 Å². The van der Waals surface area contributed by atoms with Gasteiger partial charge >= 0.3 is 5.69 Å². The first-order valence-electron chi connectivity index (χ1n) is 5.56. The van der Waals surface area contributed by atoms with Crippen LogP contribution >= 0.6 is 15.9 Å². The van der Waals surface area contributed by atoms with Crippen molar-refractivity contribution < 1.29 is 9.31 Å². The molecule has 0 unspecified atom stereocenters. The van der Waals surface area contributed by atoms with Crippen LogP contribution in [0.3, 0.4) is 0 Å². The molecule has 2 rings (SSSR count). The molecule has 0 aliphatic carbocycles. The monoisotopic (exact) mass is 317 g/mol. The zero-order chi connectivity index (χ0) is 13.3. The summed E-state index contributed by atoms with van der Waals surface area (Å²) in [6.07, 6.45) is 0. The van der Waals surface area contributed by atoms with E-state index in [0.29, 0.717) is 23.2 Å². The number of halogens is 2. The summed E-state index contributed by atoms with van der Waals surface area (Å²) in [6, 6.07) is 2.73. The first-order chi connectivity index (χ1) is 8.49. The Hall–Kier alpha value is -1.21. The Morgan fingerprint density at radius 3 is 2.50 bits per heavy atom. The van der Waals surface area contributed by atoms with E-state index in [-0.39, 0.29) is 0 Å². The minimum Gasteiger partial charge on any atom is -0.363 e. The molecule has 0 spiro atoms. The SMILES string of the molecule is CN1CCN(c2cc(Br)cc(F)c2[N+](=O)[O-])CC1. The molecule has 0 atom stereocenters. The second-order valence-corrected chi connectivity index (χ2v) is 5.22. The number of nitro groups is 1. The average molecular weight is 318 g/mol. The third-order valence-electron chi connectivity index (χ3n) is 3.03. The van der Waals surface area contributed by atoms with Gasteiger partial charge in [0.2, 0.25) is 5.82 Å². The van der Waals surface area contributed by atoms with E-state index >= 15 is 0 Å². The molecule has 0 saturated carbocycles. The molecule has 0 aromatic heterocycles. The van der Waals surface area contributed by atoms with Gasteiger partial charge < -0.3 is 9.80 Å². The third kappa shape index (κ3) is 2.62. The zero-order valence-corrected chi connectivity index (χ0v) is 11.5. The lowest BCUT2D eigenvalue weighted by molar-refractivity contribution is -0.386. The predicted octanol–water partition coefficient (Wildman–Crippen LogP) is 2.25. The molecular formula is C11H13BrFN3O2. The molecule has 1 fully saturated rings. The van der Waals surface area contributed by atoms with Crippen molar-refractivity contribution in [2.45, 2.75) is 0 Å². The topological polar surface area (TPSA) is 49.6 Å². The standard InChI is InChI=1S/C11H13BrFN3O2/c1-14-2-4-15(5-3-14)10-7-8(12)6-9(13)11(10)16(17)18/h6-7H,2-5H2,1H3. The molecule has 0 radical (unpaired) electrons. The summed E-state index contributed by atoms with van der Waals surface area (Å²) >= 11 is 3.18. The van der Waals surface area contributed by atoms with Crippen molar-refractivity contribution in [3.63, 3.8) is 0 Å². The van der Waals surface area contributed by atoms with Gasteiger partial charge in [-0.05, 0) is 19.2 Å². The summed E-state index contributed by atoms with van der Waals surface area (Å²) < 4.78 is 14.2. The second-order valence-electron chi connectivity index (χ2n) is 4.30. The Bertz CT molecular complexity index is 476. The molecule has 1 aliphatic rings. The van der Waals surface area contributed by atoms with Gasteiger partial charge in [-0.15, -0.1) is 0 Å². The number of hydrogen-bond donors (Lipinski definition) is 0. The summed E-state index contributed by atoms with van der Waals surface area (Å²) in [6.45, 7) is 2.94. The van der Waals surface area contributed by atoms with Gasteiger partial charge in [-0.25, -0.2) is 0 Å². The Morgan fingerprint density at radius 1 is 1.33 bits per heavy atom. The number of nitrogens with zero attached hydrogens (tertiary/aromatic N) is 3. The molecule has 98 valence electrons. The van der Waals surface area contributed by atoms with Crippen molar-refractivity contribution >= 4 is 27.3 Å². The van der Waals surface area contributed by atoms with Gasteiger partial charge in [-0.1, -0.05) is 15.9 Å². The van der Waals surface area contributed by atoms with E-state index in [9.17, 15) is 14.5 Å². The van der Waals surface area contributed by atoms with Crippen molar-refractivity contribution in [1.82, 2.24) is 4.90 Å². The fourth-order valence-electron chi connectivity index (χ4n) is 2.02. The summed E-state index contributed by atoms with van der Waals surface area (Å²) in [5, 5.41) is 11.0. The number of nitro benzene ring substituents is 1. The normalized spacial score (nSPS) is 16.9. The molecule has 0 amide bonds. The van der Waals surface area contributed by atoms with E-state index in [1.807, 2.05) is 11.9 Å². The maximum atomic E-state index is 13.7. The van der Waals surface area contributed by atoms with Gasteiger partial charge in [0, 0.05) is 30.7 Å². The summed E-state index contributed by atoms with van der Waals surface area (Å²) in [5.41, 5.74) is -0.0947. The number of hydrogen-bond acceptors (Lipinski definition) is 4. The first kappa shape index (κ1) is 13.2. The Kier molecular flexibility index (Phi) is 3.82. The molecule has 1 saturated heterocycles. The van der Waals surface area contributed by atoms with Crippen LogP contribution in [0.4, 0.5) is 15.8 Å². The highest BCUT2D eigenvalue weighted by Crippen LogP contribution is 2.34. The maximum Gasteiger partial charge on any atom is 0.327 e. The molecular weight excluding hydrogens is 305 g/mol. The second kappa shape index (κ2) is 5.19. The van der Waals surface area contributed by atoms with Gasteiger partial charge in [0.25, 0.3) is 0 Å². The first-order valence-corrected chi connectivity index (χ1v) is 6.35. The Morgan fingerprint density at radius 2 is 1.94 bits per heavy atom. The van der Waals surface area contributed by atoms with Crippen LogP contribution in [0, 0.1) is 15.9 Å². The highest BCUT2D eigenvalue weighted by atomic mass is 79.9. The van der Waals surface area contributed by atoms with E-state index < -0.39 is 16.4 Å². The minimum atomic E-state index is -0.802. The van der Waals surface area contributed by atoms with Crippen LogP contribution in [0.25, 0.3) is 0 Å². The van der Waals surface area contributed by atoms with Crippen LogP contribution in [-0.2, 0) is 0 Å². The van der Waals surface area contributed by atoms with Gasteiger partial charge in [0.15, 0.2) is 0 Å². The molecule has 0 N–H and O–H groups in total. The van der Waals surface area contributed by atoms with E-state index in [1.54, 1.807) is 6.07 Å². The molecule has 7 heteroatoms. The van der Waals surface area contributed by atoms with Crippen molar-refractivity contribution in [2.75, 3.05) is 38.1 Å². The summed E-state index contributed by atoms with van der Waals surface area (Å²) in [5.74, 6) is -0.802. The molecule has 1 aliphatic heterocycles. The van der Waals surface area contributed by atoms with Gasteiger partial charge in [0.05, 0.1) is 4.92 Å². The summed E-state index contributed by atoms with van der Waals surface area (Å²) in [7, 11) is 1.99. The average Bonchev–Trinajstić information content (AvgIpc) is 2.28. The smallest absolute Gasteiger partial charge is 0.327 e. The fourth-order valence-corrected chi connectivity index (χ4v) is 2.44. The van der Waals surface area contributed by atoms with Crippen molar-refractivity contribution in [3.05, 3.63) is 32.5 Å². The summed E-state index contributed by atoms with van der Waals surface area (Å²) in [4.78, 5) is 14.3. The van der Waals surface area contributed by atoms with E-state index in [2.05, 4.69) is 20.8 Å². The van der Waals surface area contributed by atoms with Gasteiger partial charge in [0.1, 0.15) is 5.69 Å². The van der Waals surface area contributed by atoms with Crippen LogP contribution in [0.2, 0.25) is 0 Å². The van der Waals surface area contributed by atoms with Crippen LogP contribution in [0.15, 0.2) is 16.6 Å². The fraction of sp³-hybridized carbons (Fsp3) is 0.455. The lowest BCUT2D eigenvalue weighted by atomic mass is 10.2. The third-order valence-corrected chi connectivity index (χ3v) is 3.49. The molecule has 1 aromatic rings. The highest BCUT2D eigenvalue weighted by Gasteiger charge is 2.27. The van der Waals surface area contributed by atoms with E-state index in [0.717, 1.165) is 19.2 Å². The van der Waals surface area contributed by atoms with E-state index in [4.69, 9.17) is 0 Å². The lowest BCUT2D eigenvalue weighted by Crippen LogP contribution is -2.44. The van der Waals surface area contributed by atoms with Crippen molar-refractivity contribution in [1.29, 1.82) is 0 Å². The van der Waals surface area contributed by atoms with Gasteiger partial charge in [-0.3, -0.25) is 10.1 Å². The number of rotatable bonds is 2. The van der Waals surface area contributed by atoms with Crippen LogP contribution < -0.4 is 4.90 Å². The van der Waals surface area contributed by atoms with E-state index in [1.165, 1.54) is 0 Å². The molecule has 18 heavy (non-hydrogen) atoms. The Balaban J connectivity index is 2.39. The molecule has 1 heterocycles. The largest absolute Gasteiger partial charge is 0.363 e. The van der Waals surface area contributed by atoms with Crippen molar-refractivity contribution in [3.8, 4) is 0 Å². The van der Waals surface area contributed by atoms with Crippen LogP contribution in [-0.4, -0.2) is 43.0 Å². The maximum absolute atomic E-state index is 13.7.